The third-order valence-electron chi connectivity index (χ3n) is 5.54. The van der Waals surface area contributed by atoms with E-state index in [1.165, 1.54) is 24.6 Å². The SMILES string of the molecule is COc1cccc(NC(=O)CSc2ccccc2C(=O)Nc2cccc(OC3CCCC3)c2)c1. The Morgan fingerprint density at radius 2 is 1.56 bits per heavy atom. The van der Waals surface area contributed by atoms with Crippen LogP contribution in [-0.2, 0) is 4.79 Å². The van der Waals surface area contributed by atoms with Crippen molar-refractivity contribution in [3.05, 3.63) is 78.4 Å². The third kappa shape index (κ3) is 6.54. The first-order valence-corrected chi connectivity index (χ1v) is 12.3. The van der Waals surface area contributed by atoms with Crippen molar-refractivity contribution < 1.29 is 19.1 Å². The molecular weight excluding hydrogens is 448 g/mol. The number of carbonyl (C=O) groups excluding carboxylic acids is 2. The third-order valence-corrected chi connectivity index (χ3v) is 6.61. The average molecular weight is 477 g/mol. The molecule has 0 saturated heterocycles. The molecule has 6 nitrogen and oxygen atoms in total. The van der Waals surface area contributed by atoms with Crippen LogP contribution in [-0.4, -0.2) is 30.8 Å². The molecular formula is C27H28N2O4S. The Hall–Kier alpha value is -3.45. The van der Waals surface area contributed by atoms with Crippen LogP contribution in [0.3, 0.4) is 0 Å². The zero-order valence-corrected chi connectivity index (χ0v) is 19.9. The molecule has 1 aliphatic rings. The molecule has 2 amide bonds. The van der Waals surface area contributed by atoms with Crippen LogP contribution in [0.2, 0.25) is 0 Å². The lowest BCUT2D eigenvalue weighted by Crippen LogP contribution is -2.16. The predicted molar refractivity (Wildman–Crippen MR) is 136 cm³/mol. The fourth-order valence-electron chi connectivity index (χ4n) is 3.87. The molecule has 0 radical (unpaired) electrons. The maximum Gasteiger partial charge on any atom is 0.256 e. The molecule has 0 bridgehead atoms. The van der Waals surface area contributed by atoms with E-state index in [4.69, 9.17) is 9.47 Å². The Balaban J connectivity index is 1.36. The van der Waals surface area contributed by atoms with Crippen LogP contribution < -0.4 is 20.1 Å². The smallest absolute Gasteiger partial charge is 0.256 e. The maximum atomic E-state index is 13.0. The summed E-state index contributed by atoms with van der Waals surface area (Å²) in [6.07, 6.45) is 4.81. The molecule has 0 atom stereocenters. The first-order chi connectivity index (χ1) is 16.6. The number of benzene rings is 3. The number of nitrogens with one attached hydrogen (secondary N) is 2. The van der Waals surface area contributed by atoms with Crippen LogP contribution >= 0.6 is 11.8 Å². The van der Waals surface area contributed by atoms with Gasteiger partial charge in [0.05, 0.1) is 24.5 Å². The lowest BCUT2D eigenvalue weighted by atomic mass is 10.2. The first kappa shape index (κ1) is 23.7. The molecule has 0 unspecified atom stereocenters. The summed E-state index contributed by atoms with van der Waals surface area (Å²) in [6.45, 7) is 0. The largest absolute Gasteiger partial charge is 0.497 e. The predicted octanol–water partition coefficient (Wildman–Crippen LogP) is 6.00. The molecule has 3 aromatic carbocycles. The fourth-order valence-corrected chi connectivity index (χ4v) is 4.72. The monoisotopic (exact) mass is 476 g/mol. The second-order valence-electron chi connectivity index (χ2n) is 8.07. The van der Waals surface area contributed by atoms with Crippen LogP contribution in [0.5, 0.6) is 11.5 Å². The van der Waals surface area contributed by atoms with E-state index in [9.17, 15) is 9.59 Å². The second-order valence-corrected chi connectivity index (χ2v) is 9.09. The van der Waals surface area contributed by atoms with Crippen LogP contribution in [0.15, 0.2) is 77.7 Å². The van der Waals surface area contributed by atoms with Gasteiger partial charge in [-0.3, -0.25) is 9.59 Å². The highest BCUT2D eigenvalue weighted by Crippen LogP contribution is 2.27. The van der Waals surface area contributed by atoms with Crippen molar-refractivity contribution >= 4 is 35.0 Å². The Bertz CT molecular complexity index is 1140. The van der Waals surface area contributed by atoms with Crippen molar-refractivity contribution in [1.29, 1.82) is 0 Å². The van der Waals surface area contributed by atoms with Crippen LogP contribution in [0.1, 0.15) is 36.0 Å². The van der Waals surface area contributed by atoms with Crippen molar-refractivity contribution in [3.63, 3.8) is 0 Å². The minimum atomic E-state index is -0.227. The van der Waals surface area contributed by atoms with Gasteiger partial charge in [-0.2, -0.15) is 0 Å². The number of amides is 2. The fraction of sp³-hybridized carbons (Fsp3) is 0.259. The van der Waals surface area contributed by atoms with Crippen molar-refractivity contribution in [1.82, 2.24) is 0 Å². The standard InChI is InChI=1S/C27H28N2O4S/c1-32-22-12-6-8-19(16-22)28-26(30)18-34-25-15-5-4-14-24(25)27(31)29-20-9-7-13-23(17-20)33-21-10-2-3-11-21/h4-9,12-17,21H,2-3,10-11,18H2,1H3,(H,28,30)(H,29,31). The van der Waals surface area contributed by atoms with E-state index in [-0.39, 0.29) is 23.7 Å². The van der Waals surface area contributed by atoms with Gasteiger partial charge in [-0.25, -0.2) is 0 Å². The van der Waals surface area contributed by atoms with Gasteiger partial charge in [0, 0.05) is 28.4 Å². The zero-order chi connectivity index (χ0) is 23.8. The number of rotatable bonds is 9. The summed E-state index contributed by atoms with van der Waals surface area (Å²) in [6, 6.07) is 22.0. The molecule has 176 valence electrons. The molecule has 2 N–H and O–H groups in total. The molecule has 1 aliphatic carbocycles. The Kier molecular flexibility index (Phi) is 8.09. The summed E-state index contributed by atoms with van der Waals surface area (Å²) in [4.78, 5) is 26.2. The van der Waals surface area contributed by atoms with Gasteiger partial charge in [0.1, 0.15) is 11.5 Å². The molecule has 4 rings (SSSR count). The molecule has 34 heavy (non-hydrogen) atoms. The molecule has 1 fully saturated rings. The van der Waals surface area contributed by atoms with Crippen molar-refractivity contribution in [2.45, 2.75) is 36.7 Å². The molecule has 0 heterocycles. The molecule has 0 spiro atoms. The topological polar surface area (TPSA) is 76.7 Å². The number of methoxy groups -OCH3 is 1. The molecule has 7 heteroatoms. The van der Waals surface area contributed by atoms with E-state index in [0.29, 0.717) is 22.7 Å². The summed E-state index contributed by atoms with van der Waals surface area (Å²) in [5, 5.41) is 5.81. The van der Waals surface area contributed by atoms with E-state index in [1.54, 1.807) is 25.3 Å². The van der Waals surface area contributed by atoms with E-state index in [0.717, 1.165) is 23.5 Å². The van der Waals surface area contributed by atoms with E-state index in [2.05, 4.69) is 10.6 Å². The van der Waals surface area contributed by atoms with Crippen LogP contribution in [0.25, 0.3) is 0 Å². The summed E-state index contributed by atoms with van der Waals surface area (Å²) in [5.74, 6) is 1.22. The number of hydrogen-bond donors (Lipinski definition) is 2. The van der Waals surface area contributed by atoms with Gasteiger partial charge in [-0.1, -0.05) is 24.3 Å². The lowest BCUT2D eigenvalue weighted by molar-refractivity contribution is -0.113. The number of anilines is 2. The Labute approximate surface area is 204 Å². The number of carbonyl (C=O) groups is 2. The molecule has 0 aromatic heterocycles. The summed E-state index contributed by atoms with van der Waals surface area (Å²) in [5.41, 5.74) is 1.86. The van der Waals surface area contributed by atoms with Gasteiger partial charge in [0.25, 0.3) is 5.91 Å². The van der Waals surface area contributed by atoms with Crippen LogP contribution in [0.4, 0.5) is 11.4 Å². The van der Waals surface area contributed by atoms with Crippen molar-refractivity contribution in [2.75, 3.05) is 23.5 Å². The molecule has 0 aliphatic heterocycles. The molecule has 1 saturated carbocycles. The average Bonchev–Trinajstić information content (AvgIpc) is 3.36. The highest BCUT2D eigenvalue weighted by Gasteiger charge is 2.17. The van der Waals surface area contributed by atoms with E-state index in [1.807, 2.05) is 54.6 Å². The Morgan fingerprint density at radius 1 is 0.882 bits per heavy atom. The van der Waals surface area contributed by atoms with Crippen LogP contribution in [0, 0.1) is 0 Å². The summed E-state index contributed by atoms with van der Waals surface area (Å²) >= 11 is 1.32. The van der Waals surface area contributed by atoms with Gasteiger partial charge >= 0.3 is 0 Å². The van der Waals surface area contributed by atoms with Gasteiger partial charge in [0.2, 0.25) is 5.91 Å². The summed E-state index contributed by atoms with van der Waals surface area (Å²) in [7, 11) is 1.58. The Morgan fingerprint density at radius 3 is 2.32 bits per heavy atom. The molecule has 3 aromatic rings. The highest BCUT2D eigenvalue weighted by molar-refractivity contribution is 8.00. The normalized spacial score (nSPS) is 13.3. The van der Waals surface area contributed by atoms with Crippen molar-refractivity contribution in [2.24, 2.45) is 0 Å². The quantitative estimate of drug-likeness (QED) is 0.371. The van der Waals surface area contributed by atoms with E-state index >= 15 is 0 Å². The minimum absolute atomic E-state index is 0.162. The van der Waals surface area contributed by atoms with Gasteiger partial charge < -0.3 is 20.1 Å². The number of ether oxygens (including phenoxy) is 2. The number of thioether (sulfide) groups is 1. The minimum Gasteiger partial charge on any atom is -0.497 e. The first-order valence-electron chi connectivity index (χ1n) is 11.3. The van der Waals surface area contributed by atoms with E-state index < -0.39 is 0 Å². The second kappa shape index (κ2) is 11.6. The van der Waals surface area contributed by atoms with Gasteiger partial charge in [-0.15, -0.1) is 11.8 Å². The maximum absolute atomic E-state index is 13.0. The lowest BCUT2D eigenvalue weighted by Gasteiger charge is -2.14. The number of hydrogen-bond acceptors (Lipinski definition) is 5. The summed E-state index contributed by atoms with van der Waals surface area (Å²) < 4.78 is 11.2. The zero-order valence-electron chi connectivity index (χ0n) is 19.1. The highest BCUT2D eigenvalue weighted by atomic mass is 32.2. The van der Waals surface area contributed by atoms with Gasteiger partial charge in [0.15, 0.2) is 0 Å². The van der Waals surface area contributed by atoms with Crippen molar-refractivity contribution in [3.8, 4) is 11.5 Å². The van der Waals surface area contributed by atoms with Gasteiger partial charge in [-0.05, 0) is 62.1 Å².